The summed E-state index contributed by atoms with van der Waals surface area (Å²) in [6.07, 6.45) is 1.28. The third-order valence-corrected chi connectivity index (χ3v) is 5.51. The van der Waals surface area contributed by atoms with Crippen molar-refractivity contribution in [2.75, 3.05) is 0 Å². The zero-order chi connectivity index (χ0) is 24.1. The lowest BCUT2D eigenvalue weighted by Crippen LogP contribution is -2.43. The van der Waals surface area contributed by atoms with Gasteiger partial charge in [-0.1, -0.05) is 72.3 Å². The molecule has 0 aliphatic carbocycles. The second kappa shape index (κ2) is 9.74. The van der Waals surface area contributed by atoms with Gasteiger partial charge in [0.05, 0.1) is 16.8 Å². The monoisotopic (exact) mass is 474 g/mol. The number of amides is 1. The van der Waals surface area contributed by atoms with Gasteiger partial charge in [-0.15, -0.1) is 0 Å². The number of hydrazone groups is 1. The third kappa shape index (κ3) is 4.61. The molecular formula is C26H19ClN2O5. The molecule has 0 fully saturated rings. The minimum absolute atomic E-state index is 0.0424. The van der Waals surface area contributed by atoms with Gasteiger partial charge in [-0.2, -0.15) is 5.10 Å². The first-order chi connectivity index (χ1) is 16.4. The molecule has 1 amide bonds. The van der Waals surface area contributed by atoms with Crippen LogP contribution in [0.1, 0.15) is 27.2 Å². The van der Waals surface area contributed by atoms with Crippen molar-refractivity contribution < 1.29 is 24.2 Å². The lowest BCUT2D eigenvalue weighted by atomic mass is 9.85. The Morgan fingerprint density at radius 3 is 2.12 bits per heavy atom. The van der Waals surface area contributed by atoms with Crippen LogP contribution in [0.2, 0.25) is 5.02 Å². The second-order valence-corrected chi connectivity index (χ2v) is 7.75. The largest absolute Gasteiger partial charge is 0.478 e. The summed E-state index contributed by atoms with van der Waals surface area (Å²) in [7, 11) is 0. The fraction of sp³-hybridized carbons (Fsp3) is 0.0385. The predicted molar refractivity (Wildman–Crippen MR) is 128 cm³/mol. The van der Waals surface area contributed by atoms with E-state index in [0.717, 1.165) is 0 Å². The Bertz CT molecular complexity index is 1310. The maximum Gasteiger partial charge on any atom is 0.337 e. The van der Waals surface area contributed by atoms with Crippen LogP contribution in [0, 0.1) is 0 Å². The van der Waals surface area contributed by atoms with Crippen molar-refractivity contribution in [3.8, 4) is 11.3 Å². The second-order valence-electron chi connectivity index (χ2n) is 7.34. The lowest BCUT2D eigenvalue weighted by molar-refractivity contribution is -0.136. The minimum atomic E-state index is -1.95. The molecule has 0 atom stereocenters. The van der Waals surface area contributed by atoms with Crippen molar-refractivity contribution in [1.29, 1.82) is 0 Å². The zero-order valence-electron chi connectivity index (χ0n) is 17.7. The minimum Gasteiger partial charge on any atom is -0.478 e. The standard InChI is InChI=1S/C26H19ClN2O5/c27-22-13-11-17(15-21(22)24(30)31)23-14-12-20(34-23)16-28-29-25(32)26(33,18-7-3-1-4-8-18)19-9-5-2-6-10-19/h1-16,33H,(H,29,32)(H,30,31)/b28-16-. The van der Waals surface area contributed by atoms with Crippen LogP contribution >= 0.6 is 11.6 Å². The van der Waals surface area contributed by atoms with Gasteiger partial charge in [0.15, 0.2) is 5.60 Å². The topological polar surface area (TPSA) is 112 Å². The lowest BCUT2D eigenvalue weighted by Gasteiger charge is -2.26. The van der Waals surface area contributed by atoms with Crippen molar-refractivity contribution in [3.05, 3.63) is 118 Å². The molecule has 4 aromatic rings. The number of aromatic carboxylic acids is 1. The van der Waals surface area contributed by atoms with E-state index in [1.165, 1.54) is 18.3 Å². The highest BCUT2D eigenvalue weighted by Gasteiger charge is 2.39. The van der Waals surface area contributed by atoms with E-state index in [0.29, 0.717) is 28.2 Å². The van der Waals surface area contributed by atoms with Gasteiger partial charge in [0.2, 0.25) is 0 Å². The average Bonchev–Trinajstić information content (AvgIpc) is 3.33. The summed E-state index contributed by atoms with van der Waals surface area (Å²) in [4.78, 5) is 24.3. The molecule has 0 aliphatic heterocycles. The molecule has 3 N–H and O–H groups in total. The van der Waals surface area contributed by atoms with Crippen molar-refractivity contribution in [2.24, 2.45) is 5.10 Å². The number of nitrogens with zero attached hydrogens (tertiary/aromatic N) is 1. The van der Waals surface area contributed by atoms with E-state index in [9.17, 15) is 19.8 Å². The molecule has 1 aromatic heterocycles. The maximum absolute atomic E-state index is 13.0. The summed E-state index contributed by atoms with van der Waals surface area (Å²) in [5.74, 6) is -1.17. The van der Waals surface area contributed by atoms with Crippen LogP contribution in [0.25, 0.3) is 11.3 Å². The van der Waals surface area contributed by atoms with Crippen molar-refractivity contribution >= 4 is 29.7 Å². The SMILES string of the molecule is O=C(O)c1cc(-c2ccc(/C=N\NC(=O)C(O)(c3ccccc3)c3ccccc3)o2)ccc1Cl. The molecule has 4 rings (SSSR count). The normalized spacial score (nSPS) is 11.5. The number of hydrogen-bond donors (Lipinski definition) is 3. The molecule has 0 unspecified atom stereocenters. The van der Waals surface area contributed by atoms with Crippen LogP contribution in [0.5, 0.6) is 0 Å². The van der Waals surface area contributed by atoms with Crippen LogP contribution in [-0.2, 0) is 10.4 Å². The molecule has 0 aliphatic rings. The molecule has 8 heteroatoms. The van der Waals surface area contributed by atoms with E-state index < -0.39 is 17.5 Å². The molecule has 3 aromatic carbocycles. The highest BCUT2D eigenvalue weighted by molar-refractivity contribution is 6.33. The smallest absolute Gasteiger partial charge is 0.337 e. The van der Waals surface area contributed by atoms with Gasteiger partial charge in [0.25, 0.3) is 5.91 Å². The summed E-state index contributed by atoms with van der Waals surface area (Å²) in [6.45, 7) is 0. The summed E-state index contributed by atoms with van der Waals surface area (Å²) in [5.41, 5.74) is 1.69. The average molecular weight is 475 g/mol. The fourth-order valence-corrected chi connectivity index (χ4v) is 3.64. The van der Waals surface area contributed by atoms with Crippen LogP contribution < -0.4 is 5.43 Å². The Kier molecular flexibility index (Phi) is 6.58. The number of rotatable bonds is 7. The maximum atomic E-state index is 13.0. The number of carbonyl (C=O) groups excluding carboxylic acids is 1. The number of hydrogen-bond acceptors (Lipinski definition) is 5. The molecule has 0 saturated heterocycles. The van der Waals surface area contributed by atoms with Gasteiger partial charge >= 0.3 is 5.97 Å². The Morgan fingerprint density at radius 1 is 0.912 bits per heavy atom. The van der Waals surface area contributed by atoms with Gasteiger partial charge < -0.3 is 14.6 Å². The van der Waals surface area contributed by atoms with Gasteiger partial charge in [0.1, 0.15) is 11.5 Å². The number of benzene rings is 3. The van der Waals surface area contributed by atoms with E-state index in [2.05, 4.69) is 10.5 Å². The number of aliphatic hydroxyl groups is 1. The highest BCUT2D eigenvalue weighted by atomic mass is 35.5. The number of carbonyl (C=O) groups is 2. The quantitative estimate of drug-likeness (QED) is 0.266. The Morgan fingerprint density at radius 2 is 1.53 bits per heavy atom. The molecular weight excluding hydrogens is 456 g/mol. The first-order valence-corrected chi connectivity index (χ1v) is 10.6. The van der Waals surface area contributed by atoms with E-state index in [4.69, 9.17) is 16.0 Å². The van der Waals surface area contributed by atoms with Gasteiger partial charge in [-0.3, -0.25) is 4.79 Å². The molecule has 1 heterocycles. The van der Waals surface area contributed by atoms with Crippen LogP contribution in [0.3, 0.4) is 0 Å². The molecule has 0 spiro atoms. The Labute approximate surface area is 199 Å². The van der Waals surface area contributed by atoms with Gasteiger partial charge in [0, 0.05) is 5.56 Å². The number of nitrogens with one attached hydrogen (secondary N) is 1. The zero-order valence-corrected chi connectivity index (χ0v) is 18.4. The van der Waals surface area contributed by atoms with Crippen molar-refractivity contribution in [1.82, 2.24) is 5.43 Å². The van der Waals surface area contributed by atoms with Crippen molar-refractivity contribution in [2.45, 2.75) is 5.60 Å². The first kappa shape index (κ1) is 23.0. The first-order valence-electron chi connectivity index (χ1n) is 10.2. The summed E-state index contributed by atoms with van der Waals surface area (Å²) < 4.78 is 5.68. The summed E-state index contributed by atoms with van der Waals surface area (Å²) in [6, 6.07) is 24.9. The van der Waals surface area contributed by atoms with Crippen LogP contribution in [0.15, 0.2) is 101 Å². The molecule has 0 saturated carbocycles. The fourth-order valence-electron chi connectivity index (χ4n) is 3.44. The van der Waals surface area contributed by atoms with Gasteiger partial charge in [-0.25, -0.2) is 10.2 Å². The van der Waals surface area contributed by atoms with Crippen LogP contribution in [0.4, 0.5) is 0 Å². The van der Waals surface area contributed by atoms with E-state index in [1.54, 1.807) is 78.9 Å². The summed E-state index contributed by atoms with van der Waals surface area (Å²) in [5, 5.41) is 24.7. The Balaban J connectivity index is 1.54. The molecule has 34 heavy (non-hydrogen) atoms. The van der Waals surface area contributed by atoms with Crippen molar-refractivity contribution in [3.63, 3.8) is 0 Å². The highest BCUT2D eigenvalue weighted by Crippen LogP contribution is 2.30. The summed E-state index contributed by atoms with van der Waals surface area (Å²) >= 11 is 5.91. The van der Waals surface area contributed by atoms with E-state index in [-0.39, 0.29) is 10.6 Å². The van der Waals surface area contributed by atoms with Crippen LogP contribution in [-0.4, -0.2) is 28.3 Å². The molecule has 170 valence electrons. The number of furan rings is 1. The van der Waals surface area contributed by atoms with E-state index >= 15 is 0 Å². The number of carboxylic acids is 1. The molecule has 0 bridgehead atoms. The Hall–Kier alpha value is -4.20. The molecule has 0 radical (unpaired) electrons. The number of carboxylic acid groups (broad SMARTS) is 1. The number of halogens is 1. The molecule has 7 nitrogen and oxygen atoms in total. The third-order valence-electron chi connectivity index (χ3n) is 5.18. The van der Waals surface area contributed by atoms with Gasteiger partial charge in [-0.05, 0) is 41.5 Å². The van der Waals surface area contributed by atoms with E-state index in [1.807, 2.05) is 0 Å². The predicted octanol–water partition coefficient (Wildman–Crippen LogP) is 4.68.